The highest BCUT2D eigenvalue weighted by molar-refractivity contribution is 5.71. The van der Waals surface area contributed by atoms with Crippen molar-refractivity contribution < 1.29 is 28.6 Å². The molecule has 0 amide bonds. The summed E-state index contributed by atoms with van der Waals surface area (Å²) < 4.78 is 16.9. The molecule has 0 heterocycles. The molecule has 6 nitrogen and oxygen atoms in total. The van der Waals surface area contributed by atoms with Gasteiger partial charge in [0, 0.05) is 19.3 Å². The third-order valence-corrected chi connectivity index (χ3v) is 14.4. The first kappa shape index (κ1) is 78.3. The molecule has 0 bridgehead atoms. The molecule has 0 spiro atoms. The maximum Gasteiger partial charge on any atom is 0.306 e. The van der Waals surface area contributed by atoms with Crippen LogP contribution in [-0.4, -0.2) is 37.2 Å². The Kier molecular flexibility index (Phi) is 65.8. The summed E-state index contributed by atoms with van der Waals surface area (Å²) in [5.74, 6) is -1.05. The molecular weight excluding hydrogens is 1020 g/mol. The molecule has 0 rings (SSSR count). The summed E-state index contributed by atoms with van der Waals surface area (Å²) in [4.78, 5) is 38.4. The van der Waals surface area contributed by atoms with Gasteiger partial charge in [-0.3, -0.25) is 14.4 Å². The van der Waals surface area contributed by atoms with Crippen molar-refractivity contribution in [3.63, 3.8) is 0 Å². The van der Waals surface area contributed by atoms with Crippen LogP contribution in [0.1, 0.15) is 303 Å². The molecule has 0 saturated carbocycles. The van der Waals surface area contributed by atoms with Crippen molar-refractivity contribution in [2.45, 2.75) is 309 Å². The number of rotatable bonds is 61. The van der Waals surface area contributed by atoms with Crippen LogP contribution in [0.2, 0.25) is 0 Å². The van der Waals surface area contributed by atoms with E-state index in [1.807, 2.05) is 6.08 Å². The van der Waals surface area contributed by atoms with E-state index in [4.69, 9.17) is 14.2 Å². The topological polar surface area (TPSA) is 78.9 Å². The number of hydrogen-bond donors (Lipinski definition) is 0. The first-order valence-corrected chi connectivity index (χ1v) is 34.3. The van der Waals surface area contributed by atoms with E-state index in [-0.39, 0.29) is 44.0 Å². The standard InChI is InChI=1S/C77H126O6/c1-4-7-10-13-16-19-22-25-28-31-34-36-37-38-39-41-43-46-49-52-55-58-61-64-67-70-76(79)82-73-74(72-81-75(78)69-66-63-60-57-54-51-48-45-42-33-30-27-24-21-18-15-12-9-6-3)83-77(80)71-68-65-62-59-56-53-50-47-44-40-35-32-29-26-23-20-17-14-11-8-5-2/h8-9,11-12,17-18,20-21,26-27,29-30,35,40,42,45,47,50-51,54,56,59-60,63,74H,4-7,10,13-16,19,22-25,28,31-34,36-39,41,43-44,46,48-49,52-53,55,57-58,61-62,64-73H2,1-3H3/b11-8-,12-9-,20-17-,21-18-,29-26-,30-27-,40-35-,45-42-,50-47-,54-51-,59-56-,63-60-. The molecule has 83 heavy (non-hydrogen) atoms. The first-order chi connectivity index (χ1) is 41.0. The van der Waals surface area contributed by atoms with Crippen molar-refractivity contribution in [2.75, 3.05) is 13.2 Å². The molecule has 0 aromatic rings. The lowest BCUT2D eigenvalue weighted by atomic mass is 10.0. The van der Waals surface area contributed by atoms with Crippen molar-refractivity contribution in [1.82, 2.24) is 0 Å². The van der Waals surface area contributed by atoms with E-state index in [1.54, 1.807) is 0 Å². The first-order valence-electron chi connectivity index (χ1n) is 34.3. The smallest absolute Gasteiger partial charge is 0.306 e. The van der Waals surface area contributed by atoms with Crippen LogP contribution in [0.25, 0.3) is 0 Å². The summed E-state index contributed by atoms with van der Waals surface area (Å²) >= 11 is 0. The van der Waals surface area contributed by atoms with Gasteiger partial charge in [-0.15, -0.1) is 0 Å². The van der Waals surface area contributed by atoms with Crippen molar-refractivity contribution in [1.29, 1.82) is 0 Å². The molecule has 0 fully saturated rings. The van der Waals surface area contributed by atoms with Crippen molar-refractivity contribution in [3.05, 3.63) is 146 Å². The molecule has 1 atom stereocenters. The van der Waals surface area contributed by atoms with Crippen LogP contribution in [-0.2, 0) is 28.6 Å². The lowest BCUT2D eigenvalue weighted by molar-refractivity contribution is -0.166. The molecular formula is C77H126O6. The van der Waals surface area contributed by atoms with E-state index in [9.17, 15) is 14.4 Å². The van der Waals surface area contributed by atoms with Gasteiger partial charge < -0.3 is 14.2 Å². The van der Waals surface area contributed by atoms with Crippen molar-refractivity contribution in [2.24, 2.45) is 0 Å². The highest BCUT2D eigenvalue weighted by Crippen LogP contribution is 2.17. The Balaban J connectivity index is 4.51. The lowest BCUT2D eigenvalue weighted by Crippen LogP contribution is -2.30. The summed E-state index contributed by atoms with van der Waals surface area (Å²) in [6.45, 7) is 6.34. The van der Waals surface area contributed by atoms with Crippen LogP contribution in [0, 0.1) is 0 Å². The normalized spacial score (nSPS) is 13.0. The fourth-order valence-corrected chi connectivity index (χ4v) is 9.30. The van der Waals surface area contributed by atoms with Gasteiger partial charge >= 0.3 is 17.9 Å². The van der Waals surface area contributed by atoms with Gasteiger partial charge in [0.1, 0.15) is 13.2 Å². The number of carbonyl (C=O) groups excluding carboxylic acids is 3. The summed E-state index contributed by atoms with van der Waals surface area (Å²) in [6, 6.07) is 0. The third kappa shape index (κ3) is 68.0. The van der Waals surface area contributed by atoms with Crippen LogP contribution in [0.15, 0.2) is 146 Å². The molecule has 0 N–H and O–H groups in total. The van der Waals surface area contributed by atoms with Gasteiger partial charge in [-0.2, -0.15) is 0 Å². The molecule has 0 radical (unpaired) electrons. The van der Waals surface area contributed by atoms with Crippen LogP contribution < -0.4 is 0 Å². The van der Waals surface area contributed by atoms with Gasteiger partial charge in [-0.25, -0.2) is 0 Å². The maximum absolute atomic E-state index is 12.9. The number of unbranched alkanes of at least 4 members (excludes halogenated alkanes) is 26. The zero-order valence-electron chi connectivity index (χ0n) is 53.9. The van der Waals surface area contributed by atoms with Crippen LogP contribution in [0.5, 0.6) is 0 Å². The molecule has 0 aliphatic carbocycles. The van der Waals surface area contributed by atoms with E-state index in [1.165, 1.54) is 141 Å². The number of esters is 3. The lowest BCUT2D eigenvalue weighted by Gasteiger charge is -2.18. The number of ether oxygens (including phenoxy) is 3. The van der Waals surface area contributed by atoms with Crippen LogP contribution >= 0.6 is 0 Å². The van der Waals surface area contributed by atoms with E-state index in [2.05, 4.69) is 161 Å². The third-order valence-electron chi connectivity index (χ3n) is 14.4. The molecule has 0 aromatic heterocycles. The fraction of sp³-hybridized carbons (Fsp3) is 0.649. The minimum absolute atomic E-state index is 0.122. The number of allylic oxidation sites excluding steroid dienone is 24. The summed E-state index contributed by atoms with van der Waals surface area (Å²) in [5, 5.41) is 0. The summed E-state index contributed by atoms with van der Waals surface area (Å²) in [6.07, 6.45) is 100. The van der Waals surface area contributed by atoms with Gasteiger partial charge in [0.15, 0.2) is 6.10 Å². The van der Waals surface area contributed by atoms with Gasteiger partial charge in [-0.1, -0.05) is 321 Å². The molecule has 1 unspecified atom stereocenters. The van der Waals surface area contributed by atoms with E-state index in [0.717, 1.165) is 109 Å². The number of carbonyl (C=O) groups is 3. The Morgan fingerprint density at radius 3 is 0.807 bits per heavy atom. The van der Waals surface area contributed by atoms with Crippen LogP contribution in [0.3, 0.4) is 0 Å². The second-order valence-electron chi connectivity index (χ2n) is 22.3. The second-order valence-corrected chi connectivity index (χ2v) is 22.3. The number of hydrogen-bond acceptors (Lipinski definition) is 6. The fourth-order valence-electron chi connectivity index (χ4n) is 9.30. The largest absolute Gasteiger partial charge is 0.462 e. The molecule has 470 valence electrons. The minimum atomic E-state index is -0.839. The van der Waals surface area contributed by atoms with Gasteiger partial charge in [0.2, 0.25) is 0 Å². The predicted molar refractivity (Wildman–Crippen MR) is 362 cm³/mol. The highest BCUT2D eigenvalue weighted by Gasteiger charge is 2.19. The average molecular weight is 1150 g/mol. The quantitative estimate of drug-likeness (QED) is 0.0261. The SMILES string of the molecule is CC/C=C\C/C=C\C/C=C\C/C=C\C/C=C\C/C=C\CCCCC(=O)OC(COC(=O)CC/C=C\C/C=C\C/C=C\C/C=C\C/C=C\C/C=C\CC)COC(=O)CCCCCCCCCCCCCCCCCCCCCCCCCCC. The Bertz CT molecular complexity index is 1800. The Hall–Kier alpha value is -4.71. The highest BCUT2D eigenvalue weighted by atomic mass is 16.6. The van der Waals surface area contributed by atoms with E-state index >= 15 is 0 Å². The maximum atomic E-state index is 12.9. The predicted octanol–water partition coefficient (Wildman–Crippen LogP) is 23.9. The Labute approximate surface area is 512 Å². The average Bonchev–Trinajstić information content (AvgIpc) is 3.50. The Morgan fingerprint density at radius 1 is 0.253 bits per heavy atom. The zero-order chi connectivity index (χ0) is 59.9. The van der Waals surface area contributed by atoms with Crippen molar-refractivity contribution >= 4 is 17.9 Å². The monoisotopic (exact) mass is 1150 g/mol. The van der Waals surface area contributed by atoms with E-state index < -0.39 is 6.10 Å². The van der Waals surface area contributed by atoms with E-state index in [0.29, 0.717) is 19.3 Å². The Morgan fingerprint density at radius 2 is 0.494 bits per heavy atom. The summed E-state index contributed by atoms with van der Waals surface area (Å²) in [5.41, 5.74) is 0. The summed E-state index contributed by atoms with van der Waals surface area (Å²) in [7, 11) is 0. The second kappa shape index (κ2) is 69.8. The van der Waals surface area contributed by atoms with Crippen LogP contribution in [0.4, 0.5) is 0 Å². The molecule has 0 aromatic carbocycles. The zero-order valence-corrected chi connectivity index (χ0v) is 53.9. The molecule has 0 aliphatic rings. The van der Waals surface area contributed by atoms with Gasteiger partial charge in [0.25, 0.3) is 0 Å². The molecule has 0 aliphatic heterocycles. The van der Waals surface area contributed by atoms with Gasteiger partial charge in [0.05, 0.1) is 0 Å². The van der Waals surface area contributed by atoms with Gasteiger partial charge in [-0.05, 0) is 109 Å². The minimum Gasteiger partial charge on any atom is -0.462 e. The molecule has 6 heteroatoms. The van der Waals surface area contributed by atoms with Crippen molar-refractivity contribution in [3.8, 4) is 0 Å². The molecule has 0 saturated heterocycles.